The Hall–Kier alpha value is -0.330. The van der Waals surface area contributed by atoms with Gasteiger partial charge in [-0.2, -0.15) is 0 Å². The van der Waals surface area contributed by atoms with Crippen LogP contribution in [0.4, 0.5) is 0 Å². The van der Waals surface area contributed by atoms with Crippen LogP contribution in [0, 0.1) is 5.41 Å². The maximum Gasteiger partial charge on any atom is 0.133 e. The first-order valence-electron chi connectivity index (χ1n) is 7.18. The van der Waals surface area contributed by atoms with Gasteiger partial charge >= 0.3 is 0 Å². The third-order valence-electron chi connectivity index (χ3n) is 4.02. The number of carbonyl (C=O) groups is 1. The number of carbonyl (C=O) groups excluding carboxylic acids is 1. The third-order valence-corrected chi connectivity index (χ3v) is 4.02. The van der Waals surface area contributed by atoms with Gasteiger partial charge in [-0.15, -0.1) is 0 Å². The Bertz CT molecular complexity index is 209. The van der Waals surface area contributed by atoms with Crippen LogP contribution in [-0.4, -0.2) is 5.78 Å². The zero-order chi connectivity index (χ0) is 11.9. The average molecular weight is 224 g/mol. The van der Waals surface area contributed by atoms with Crippen molar-refractivity contribution >= 4 is 5.78 Å². The smallest absolute Gasteiger partial charge is 0.133 e. The molecule has 1 saturated carbocycles. The van der Waals surface area contributed by atoms with Crippen molar-refractivity contribution in [1.82, 2.24) is 0 Å². The van der Waals surface area contributed by atoms with Crippen LogP contribution in [0.5, 0.6) is 0 Å². The quantitative estimate of drug-likeness (QED) is 0.537. The molecule has 1 fully saturated rings. The fourth-order valence-corrected chi connectivity index (χ4v) is 2.82. The van der Waals surface area contributed by atoms with Gasteiger partial charge in [0.15, 0.2) is 0 Å². The van der Waals surface area contributed by atoms with E-state index in [1.54, 1.807) is 0 Å². The summed E-state index contributed by atoms with van der Waals surface area (Å²) >= 11 is 0. The summed E-state index contributed by atoms with van der Waals surface area (Å²) in [5, 5.41) is 0. The molecule has 1 atom stereocenters. The molecule has 0 N–H and O–H groups in total. The number of hydrogen-bond acceptors (Lipinski definition) is 1. The standard InChI is InChI=1S/C15H28O/c1-3-4-5-6-7-8-9-11-15(2)12-10-14(16)13-15/h3-13H2,1-2H3. The summed E-state index contributed by atoms with van der Waals surface area (Å²) in [6.45, 7) is 4.56. The summed E-state index contributed by atoms with van der Waals surface area (Å²) in [5.74, 6) is 0.491. The molecule has 16 heavy (non-hydrogen) atoms. The Labute approximate surface area is 101 Å². The van der Waals surface area contributed by atoms with Gasteiger partial charge in [0.1, 0.15) is 5.78 Å². The van der Waals surface area contributed by atoms with E-state index in [0.717, 1.165) is 19.3 Å². The fraction of sp³-hybridized carbons (Fsp3) is 0.933. The molecule has 1 rings (SSSR count). The molecule has 0 bridgehead atoms. The van der Waals surface area contributed by atoms with E-state index >= 15 is 0 Å². The molecule has 0 aromatic rings. The Morgan fingerprint density at radius 3 is 2.25 bits per heavy atom. The second-order valence-electron chi connectivity index (χ2n) is 5.90. The predicted molar refractivity (Wildman–Crippen MR) is 69.6 cm³/mol. The molecule has 1 nitrogen and oxygen atoms in total. The molecule has 0 amide bonds. The zero-order valence-electron chi connectivity index (χ0n) is 11.2. The molecule has 1 aliphatic rings. The lowest BCUT2D eigenvalue weighted by Crippen LogP contribution is -2.11. The van der Waals surface area contributed by atoms with E-state index in [1.807, 2.05) is 0 Å². The first kappa shape index (κ1) is 13.7. The molecule has 94 valence electrons. The largest absolute Gasteiger partial charge is 0.300 e. The highest BCUT2D eigenvalue weighted by atomic mass is 16.1. The molecule has 0 radical (unpaired) electrons. The van der Waals surface area contributed by atoms with Crippen molar-refractivity contribution in [3.63, 3.8) is 0 Å². The summed E-state index contributed by atoms with van der Waals surface area (Å²) in [6, 6.07) is 0. The van der Waals surface area contributed by atoms with Gasteiger partial charge < -0.3 is 0 Å². The van der Waals surface area contributed by atoms with E-state index in [2.05, 4.69) is 13.8 Å². The van der Waals surface area contributed by atoms with Gasteiger partial charge in [-0.3, -0.25) is 4.79 Å². The third kappa shape index (κ3) is 5.14. The summed E-state index contributed by atoms with van der Waals surface area (Å²) in [7, 11) is 0. The van der Waals surface area contributed by atoms with Crippen molar-refractivity contribution in [2.45, 2.75) is 84.5 Å². The van der Waals surface area contributed by atoms with Crippen LogP contribution in [0.15, 0.2) is 0 Å². The van der Waals surface area contributed by atoms with Crippen molar-refractivity contribution in [1.29, 1.82) is 0 Å². The Kier molecular flexibility index (Phi) is 6.08. The molecule has 1 unspecified atom stereocenters. The van der Waals surface area contributed by atoms with E-state index in [1.165, 1.54) is 51.4 Å². The Balaban J connectivity index is 1.96. The van der Waals surface area contributed by atoms with E-state index in [9.17, 15) is 4.79 Å². The molecule has 0 aromatic heterocycles. The average Bonchev–Trinajstić information content (AvgIpc) is 2.58. The van der Waals surface area contributed by atoms with Gasteiger partial charge in [-0.25, -0.2) is 0 Å². The number of unbranched alkanes of at least 4 members (excludes halogenated alkanes) is 6. The summed E-state index contributed by atoms with van der Waals surface area (Å²) < 4.78 is 0. The molecular weight excluding hydrogens is 196 g/mol. The fourth-order valence-electron chi connectivity index (χ4n) is 2.82. The number of Topliss-reactive ketones (excluding diaryl/α,β-unsaturated/α-hetero) is 1. The van der Waals surface area contributed by atoms with E-state index in [-0.39, 0.29) is 0 Å². The first-order valence-corrected chi connectivity index (χ1v) is 7.18. The summed E-state index contributed by atoms with van der Waals surface area (Å²) in [4.78, 5) is 11.3. The van der Waals surface area contributed by atoms with Crippen LogP contribution in [-0.2, 0) is 4.79 Å². The van der Waals surface area contributed by atoms with Gasteiger partial charge in [0.25, 0.3) is 0 Å². The number of rotatable bonds is 8. The van der Waals surface area contributed by atoms with E-state index in [4.69, 9.17) is 0 Å². The van der Waals surface area contributed by atoms with Crippen LogP contribution < -0.4 is 0 Å². The topological polar surface area (TPSA) is 17.1 Å². The van der Waals surface area contributed by atoms with Gasteiger partial charge in [0.05, 0.1) is 0 Å². The van der Waals surface area contributed by atoms with E-state index < -0.39 is 0 Å². The van der Waals surface area contributed by atoms with Crippen LogP contribution >= 0.6 is 0 Å². The summed E-state index contributed by atoms with van der Waals surface area (Å²) in [5.41, 5.74) is 0.362. The Morgan fingerprint density at radius 1 is 1.06 bits per heavy atom. The molecule has 0 saturated heterocycles. The molecule has 0 heterocycles. The van der Waals surface area contributed by atoms with Crippen LogP contribution in [0.2, 0.25) is 0 Å². The van der Waals surface area contributed by atoms with Crippen molar-refractivity contribution in [2.24, 2.45) is 5.41 Å². The zero-order valence-corrected chi connectivity index (χ0v) is 11.2. The predicted octanol–water partition coefficient (Wildman–Crippen LogP) is 4.89. The van der Waals surface area contributed by atoms with Gasteiger partial charge in [-0.1, -0.05) is 58.8 Å². The van der Waals surface area contributed by atoms with Crippen molar-refractivity contribution in [3.05, 3.63) is 0 Å². The molecule has 1 aliphatic carbocycles. The van der Waals surface area contributed by atoms with Crippen LogP contribution in [0.3, 0.4) is 0 Å². The van der Waals surface area contributed by atoms with Crippen molar-refractivity contribution in [3.8, 4) is 0 Å². The molecule has 0 aliphatic heterocycles. The lowest BCUT2D eigenvalue weighted by Gasteiger charge is -2.22. The van der Waals surface area contributed by atoms with Crippen LogP contribution in [0.1, 0.15) is 84.5 Å². The van der Waals surface area contributed by atoms with Crippen molar-refractivity contribution in [2.75, 3.05) is 0 Å². The van der Waals surface area contributed by atoms with Gasteiger partial charge in [-0.05, 0) is 18.3 Å². The summed E-state index contributed by atoms with van der Waals surface area (Å²) in [6.07, 6.45) is 13.7. The SMILES string of the molecule is CCCCCCCCCC1(C)CCC(=O)C1. The molecule has 1 heteroatoms. The highest BCUT2D eigenvalue weighted by molar-refractivity contribution is 5.81. The number of hydrogen-bond donors (Lipinski definition) is 0. The molecule has 0 spiro atoms. The lowest BCUT2D eigenvalue weighted by molar-refractivity contribution is -0.118. The normalized spacial score (nSPS) is 25.2. The highest BCUT2D eigenvalue weighted by Crippen LogP contribution is 2.39. The Morgan fingerprint density at radius 2 is 1.69 bits per heavy atom. The first-order chi connectivity index (χ1) is 7.66. The highest BCUT2D eigenvalue weighted by Gasteiger charge is 2.32. The molecule has 0 aromatic carbocycles. The second-order valence-corrected chi connectivity index (χ2v) is 5.90. The van der Waals surface area contributed by atoms with Gasteiger partial charge in [0, 0.05) is 12.8 Å². The minimum atomic E-state index is 0.362. The minimum absolute atomic E-state index is 0.362. The van der Waals surface area contributed by atoms with Crippen LogP contribution in [0.25, 0.3) is 0 Å². The minimum Gasteiger partial charge on any atom is -0.300 e. The monoisotopic (exact) mass is 224 g/mol. The van der Waals surface area contributed by atoms with E-state index in [0.29, 0.717) is 11.2 Å². The second kappa shape index (κ2) is 7.09. The van der Waals surface area contributed by atoms with Gasteiger partial charge in [0.2, 0.25) is 0 Å². The maximum absolute atomic E-state index is 11.3. The number of ketones is 1. The lowest BCUT2D eigenvalue weighted by atomic mass is 9.83. The maximum atomic E-state index is 11.3. The molecular formula is C15H28O. The van der Waals surface area contributed by atoms with Crippen molar-refractivity contribution < 1.29 is 4.79 Å².